The average molecular weight is 977 g/mol. The van der Waals surface area contributed by atoms with Gasteiger partial charge in [-0.25, -0.2) is 4.57 Å². The molecule has 0 heterocycles. The van der Waals surface area contributed by atoms with Crippen molar-refractivity contribution in [1.29, 1.82) is 0 Å². The fourth-order valence-corrected chi connectivity index (χ4v) is 9.67. The molecule has 6 unspecified atom stereocenters. The number of hydrogen-bond acceptors (Lipinski definition) is 12. The number of aliphatic hydroxyl groups excluding tert-OH is 5. The molecule has 1 rings (SSSR count). The highest BCUT2D eigenvalue weighted by atomic mass is 31.2. The number of allylic oxidation sites excluding steroid dienone is 2. The summed E-state index contributed by atoms with van der Waals surface area (Å²) in [7, 11) is -5.12. The molecule has 0 saturated heterocycles. The van der Waals surface area contributed by atoms with E-state index in [9.17, 15) is 44.6 Å². The first kappa shape index (κ1) is 63.6. The molecule has 396 valence electrons. The van der Waals surface area contributed by atoms with Gasteiger partial charge in [-0.3, -0.25) is 18.6 Å². The van der Waals surface area contributed by atoms with Crippen LogP contribution in [0.15, 0.2) is 12.2 Å². The van der Waals surface area contributed by atoms with Crippen LogP contribution in [0.25, 0.3) is 0 Å². The van der Waals surface area contributed by atoms with Crippen molar-refractivity contribution in [3.63, 3.8) is 0 Å². The fraction of sp³-hybridized carbons (Fsp3) is 0.925. The van der Waals surface area contributed by atoms with Crippen molar-refractivity contribution in [2.24, 2.45) is 0 Å². The van der Waals surface area contributed by atoms with Crippen molar-refractivity contribution in [2.45, 2.75) is 301 Å². The quantitative estimate of drug-likeness (QED) is 0.0145. The maximum atomic E-state index is 12.9. The third kappa shape index (κ3) is 35.4. The van der Waals surface area contributed by atoms with E-state index in [2.05, 4.69) is 26.0 Å². The largest absolute Gasteiger partial charge is 0.472 e. The molecule has 0 bridgehead atoms. The lowest BCUT2D eigenvalue weighted by molar-refractivity contribution is -0.220. The summed E-state index contributed by atoms with van der Waals surface area (Å²) in [6, 6.07) is 0. The number of esters is 2. The van der Waals surface area contributed by atoms with Gasteiger partial charge in [0.1, 0.15) is 43.2 Å². The van der Waals surface area contributed by atoms with Gasteiger partial charge in [-0.1, -0.05) is 219 Å². The van der Waals surface area contributed by atoms with Crippen LogP contribution in [0.5, 0.6) is 0 Å². The van der Waals surface area contributed by atoms with E-state index in [-0.39, 0.29) is 12.8 Å². The van der Waals surface area contributed by atoms with Crippen molar-refractivity contribution >= 4 is 19.8 Å². The summed E-state index contributed by atoms with van der Waals surface area (Å²) in [4.78, 5) is 35.9. The zero-order valence-electron chi connectivity index (χ0n) is 42.5. The van der Waals surface area contributed by atoms with Gasteiger partial charge in [-0.15, -0.1) is 0 Å². The van der Waals surface area contributed by atoms with Gasteiger partial charge in [0, 0.05) is 12.8 Å². The minimum absolute atomic E-state index is 0.101. The Morgan fingerprint density at radius 2 is 0.761 bits per heavy atom. The maximum absolute atomic E-state index is 12.9. The summed E-state index contributed by atoms with van der Waals surface area (Å²) in [5.41, 5.74) is 0. The Labute approximate surface area is 407 Å². The predicted octanol–water partition coefficient (Wildman–Crippen LogP) is 12.2. The van der Waals surface area contributed by atoms with Gasteiger partial charge in [0.2, 0.25) is 0 Å². The summed E-state index contributed by atoms with van der Waals surface area (Å²) in [5, 5.41) is 50.3. The fourth-order valence-electron chi connectivity index (χ4n) is 8.70. The molecule has 1 saturated carbocycles. The highest BCUT2D eigenvalue weighted by Crippen LogP contribution is 2.47. The van der Waals surface area contributed by atoms with Crippen LogP contribution < -0.4 is 0 Å². The number of ether oxygens (including phenoxy) is 2. The molecule has 6 N–H and O–H groups in total. The van der Waals surface area contributed by atoms with Gasteiger partial charge in [0.15, 0.2) is 6.10 Å². The first-order valence-electron chi connectivity index (χ1n) is 27.5. The molecule has 14 heteroatoms. The maximum Gasteiger partial charge on any atom is 0.472 e. The van der Waals surface area contributed by atoms with E-state index in [1.54, 1.807) is 0 Å². The molecule has 0 aromatic carbocycles. The summed E-state index contributed by atoms with van der Waals surface area (Å²) in [5.74, 6) is -1.08. The van der Waals surface area contributed by atoms with Crippen LogP contribution >= 0.6 is 7.82 Å². The Kier molecular flexibility index (Phi) is 41.2. The van der Waals surface area contributed by atoms with E-state index in [1.807, 2.05) is 0 Å². The molecule has 0 aliphatic heterocycles. The van der Waals surface area contributed by atoms with Crippen LogP contribution in [0.1, 0.15) is 258 Å². The second-order valence-corrected chi connectivity index (χ2v) is 20.9. The molecule has 1 aliphatic carbocycles. The van der Waals surface area contributed by atoms with Crippen molar-refractivity contribution in [1.82, 2.24) is 0 Å². The first-order chi connectivity index (χ1) is 32.4. The van der Waals surface area contributed by atoms with Crippen LogP contribution in [0.4, 0.5) is 0 Å². The third-order valence-electron chi connectivity index (χ3n) is 13.1. The molecule has 0 aromatic heterocycles. The van der Waals surface area contributed by atoms with Crippen LogP contribution in [-0.2, 0) is 32.7 Å². The Morgan fingerprint density at radius 3 is 1.13 bits per heavy atom. The lowest BCUT2D eigenvalue weighted by Gasteiger charge is -2.41. The molecular weight excluding hydrogens is 876 g/mol. The first-order valence-corrected chi connectivity index (χ1v) is 29.0. The molecule has 6 atom stereocenters. The summed E-state index contributed by atoms with van der Waals surface area (Å²) in [6.45, 7) is 3.35. The highest BCUT2D eigenvalue weighted by molar-refractivity contribution is 7.47. The highest BCUT2D eigenvalue weighted by Gasteiger charge is 2.51. The molecular formula is C53H101O13P. The van der Waals surface area contributed by atoms with E-state index >= 15 is 0 Å². The molecule has 1 aliphatic rings. The van der Waals surface area contributed by atoms with E-state index in [4.69, 9.17) is 18.5 Å². The van der Waals surface area contributed by atoms with E-state index < -0.39 is 75.7 Å². The summed E-state index contributed by atoms with van der Waals surface area (Å²) < 4.78 is 33.7. The van der Waals surface area contributed by atoms with Crippen LogP contribution in [0.2, 0.25) is 0 Å². The Hall–Kier alpha value is -1.41. The lowest BCUT2D eigenvalue weighted by Crippen LogP contribution is -2.64. The zero-order valence-corrected chi connectivity index (χ0v) is 43.4. The van der Waals surface area contributed by atoms with Gasteiger partial charge >= 0.3 is 19.8 Å². The van der Waals surface area contributed by atoms with Gasteiger partial charge in [-0.05, 0) is 38.5 Å². The molecule has 0 radical (unpaired) electrons. The van der Waals surface area contributed by atoms with Gasteiger partial charge in [0.05, 0.1) is 6.61 Å². The molecule has 0 aromatic rings. The Morgan fingerprint density at radius 1 is 0.448 bits per heavy atom. The number of carbonyl (C=O) groups excluding carboxylic acids is 2. The molecule has 13 nitrogen and oxygen atoms in total. The molecule has 0 amide bonds. The van der Waals surface area contributed by atoms with Crippen LogP contribution in [0.3, 0.4) is 0 Å². The molecule has 0 spiro atoms. The van der Waals surface area contributed by atoms with Crippen molar-refractivity contribution in [3.05, 3.63) is 12.2 Å². The second-order valence-electron chi connectivity index (χ2n) is 19.4. The monoisotopic (exact) mass is 977 g/mol. The van der Waals surface area contributed by atoms with Crippen LogP contribution in [-0.4, -0.2) is 98.3 Å². The van der Waals surface area contributed by atoms with Crippen molar-refractivity contribution in [2.75, 3.05) is 13.2 Å². The molecule has 1 fully saturated rings. The number of phosphoric ester groups is 1. The minimum Gasteiger partial charge on any atom is -0.462 e. The second kappa shape index (κ2) is 43.4. The standard InChI is InChI=1S/C53H101O13P/c1-3-5-7-9-11-13-15-17-19-20-21-22-23-24-25-26-28-30-32-34-36-38-40-42-47(55)65-45(44-64-67(61,62)66-53-51(59)49(57)48(56)50(58)52(53)60)43-63-46(54)41-39-37-35-33-31-29-27-18-16-14-12-10-8-6-4-2/h20-21,45,48-53,56-60H,3-19,22-44H2,1-2H3,(H,61,62)/b21-20-. The number of hydrogen-bond donors (Lipinski definition) is 6. The number of carbonyl (C=O) groups is 2. The average Bonchev–Trinajstić information content (AvgIpc) is 3.31. The van der Waals surface area contributed by atoms with E-state index in [0.29, 0.717) is 12.8 Å². The third-order valence-corrected chi connectivity index (χ3v) is 14.1. The minimum atomic E-state index is -5.12. The normalized spacial score (nSPS) is 21.1. The Balaban J connectivity index is 2.34. The number of unbranched alkanes of at least 4 members (excludes halogenated alkanes) is 33. The number of aliphatic hydroxyl groups is 5. The van der Waals surface area contributed by atoms with E-state index in [1.165, 1.54) is 173 Å². The number of phosphoric acid groups is 1. The van der Waals surface area contributed by atoms with Crippen molar-refractivity contribution < 1.29 is 63.1 Å². The number of rotatable bonds is 47. The Bertz CT molecular complexity index is 1220. The smallest absolute Gasteiger partial charge is 0.462 e. The summed E-state index contributed by atoms with van der Waals surface area (Å²) >= 11 is 0. The van der Waals surface area contributed by atoms with E-state index in [0.717, 1.165) is 44.9 Å². The lowest BCUT2D eigenvalue weighted by atomic mass is 9.85. The predicted molar refractivity (Wildman–Crippen MR) is 267 cm³/mol. The van der Waals surface area contributed by atoms with Gasteiger partial charge in [0.25, 0.3) is 0 Å². The van der Waals surface area contributed by atoms with Crippen LogP contribution in [0, 0.1) is 0 Å². The van der Waals surface area contributed by atoms with Gasteiger partial charge < -0.3 is 39.9 Å². The molecule has 67 heavy (non-hydrogen) atoms. The van der Waals surface area contributed by atoms with Crippen molar-refractivity contribution in [3.8, 4) is 0 Å². The zero-order chi connectivity index (χ0) is 49.2. The summed E-state index contributed by atoms with van der Waals surface area (Å²) in [6.07, 6.45) is 35.5. The topological polar surface area (TPSA) is 210 Å². The van der Waals surface area contributed by atoms with Gasteiger partial charge in [-0.2, -0.15) is 0 Å². The SMILES string of the molecule is CCCCCCCCCC/C=C\CCCCCCCCCCCCCC(=O)OC(COC(=O)CCCCCCCCCCCCCCCCC)COP(=O)(O)OC1C(O)C(O)C(O)C(O)C1O.